The largest absolute Gasteiger partial charge is 0.391 e. The molecule has 1 aromatic carbocycles. The van der Waals surface area contributed by atoms with Gasteiger partial charge in [-0.1, -0.05) is 13.3 Å². The Morgan fingerprint density at radius 3 is 2.51 bits per heavy atom. The number of halogens is 2. The number of rotatable bonds is 7. The van der Waals surface area contributed by atoms with Gasteiger partial charge in [-0.25, -0.2) is 28.7 Å². The maximum absolute atomic E-state index is 15.3. The molecule has 2 N–H and O–H groups in total. The average Bonchev–Trinajstić information content (AvgIpc) is 3.58. The van der Waals surface area contributed by atoms with Crippen LogP contribution in [0.4, 0.5) is 26.2 Å². The van der Waals surface area contributed by atoms with Gasteiger partial charge in [0.05, 0.1) is 17.2 Å². The fourth-order valence-corrected chi connectivity index (χ4v) is 5.67. The lowest BCUT2D eigenvalue weighted by Gasteiger charge is -2.32. The van der Waals surface area contributed by atoms with Gasteiger partial charge in [0.15, 0.2) is 5.82 Å². The normalized spacial score (nSPS) is 17.9. The first-order valence-electron chi connectivity index (χ1n) is 14.0. The highest BCUT2D eigenvalue weighted by Crippen LogP contribution is 2.33. The molecule has 2 fully saturated rings. The van der Waals surface area contributed by atoms with Crippen LogP contribution in [-0.2, 0) is 6.42 Å². The van der Waals surface area contributed by atoms with E-state index in [9.17, 15) is 9.90 Å². The third kappa shape index (κ3) is 5.43. The van der Waals surface area contributed by atoms with Gasteiger partial charge in [0, 0.05) is 56.4 Å². The van der Waals surface area contributed by atoms with E-state index < -0.39 is 17.7 Å². The fraction of sp³-hybridized carbons (Fsp3) is 0.414. The van der Waals surface area contributed by atoms with Crippen molar-refractivity contribution in [1.82, 2.24) is 29.4 Å². The van der Waals surface area contributed by atoms with Gasteiger partial charge in [-0.15, -0.1) is 0 Å². The number of β-amino-alcohol motifs (C(OH)–C–C–N with tert-alkyl or cyclic N) is 1. The minimum atomic E-state index is -0.667. The zero-order valence-electron chi connectivity index (χ0n) is 22.8. The number of carbonyl (C=O) groups is 1. The van der Waals surface area contributed by atoms with Crippen LogP contribution in [0.2, 0.25) is 0 Å². The Balaban J connectivity index is 1.17. The smallest absolute Gasteiger partial charge is 0.254 e. The minimum Gasteiger partial charge on any atom is -0.391 e. The number of carbonyl (C=O) groups excluding carboxylic acids is 1. The van der Waals surface area contributed by atoms with Crippen molar-refractivity contribution in [3.63, 3.8) is 0 Å². The summed E-state index contributed by atoms with van der Waals surface area (Å²) in [5.41, 5.74) is 1.80. The number of piperidine rings is 1. The van der Waals surface area contributed by atoms with E-state index in [1.165, 1.54) is 29.6 Å². The lowest BCUT2D eigenvalue weighted by molar-refractivity contribution is 0.0764. The predicted molar refractivity (Wildman–Crippen MR) is 150 cm³/mol. The van der Waals surface area contributed by atoms with Gasteiger partial charge in [0.1, 0.15) is 23.6 Å². The molecule has 3 aromatic heterocycles. The zero-order chi connectivity index (χ0) is 28.5. The van der Waals surface area contributed by atoms with Crippen LogP contribution in [0.25, 0.3) is 11.0 Å². The lowest BCUT2D eigenvalue weighted by Crippen LogP contribution is -2.35. The number of amides is 1. The van der Waals surface area contributed by atoms with E-state index in [4.69, 9.17) is 0 Å². The molecular weight excluding hydrogens is 530 g/mol. The van der Waals surface area contributed by atoms with Gasteiger partial charge < -0.3 is 24.8 Å². The summed E-state index contributed by atoms with van der Waals surface area (Å²) in [6.45, 7) is 4.23. The van der Waals surface area contributed by atoms with E-state index in [1.807, 2.05) is 17.0 Å². The summed E-state index contributed by atoms with van der Waals surface area (Å²) in [7, 11) is 0. The first kappa shape index (κ1) is 27.0. The number of anilines is 3. The number of nitrogens with one attached hydrogen (secondary N) is 1. The Morgan fingerprint density at radius 1 is 1.05 bits per heavy atom. The van der Waals surface area contributed by atoms with Crippen molar-refractivity contribution in [2.45, 2.75) is 51.2 Å². The third-order valence-electron chi connectivity index (χ3n) is 7.85. The highest BCUT2D eigenvalue weighted by Gasteiger charge is 2.27. The quantitative estimate of drug-likeness (QED) is 0.344. The Labute approximate surface area is 236 Å². The van der Waals surface area contributed by atoms with E-state index in [1.54, 1.807) is 0 Å². The van der Waals surface area contributed by atoms with E-state index in [2.05, 4.69) is 37.1 Å². The first-order valence-corrected chi connectivity index (χ1v) is 14.0. The molecule has 10 nitrogen and oxygen atoms in total. The highest BCUT2D eigenvalue weighted by atomic mass is 19.1. The molecule has 1 atom stereocenters. The van der Waals surface area contributed by atoms with Crippen LogP contribution in [0.1, 0.15) is 54.6 Å². The van der Waals surface area contributed by atoms with Crippen molar-refractivity contribution in [2.75, 3.05) is 36.4 Å². The molecular formula is C29H32F2N8O2. The summed E-state index contributed by atoms with van der Waals surface area (Å²) in [6, 6.07) is 4.11. The fourth-order valence-electron chi connectivity index (χ4n) is 5.67. The lowest BCUT2D eigenvalue weighted by atomic mass is 10.1. The standard InChI is InChI=1S/C29H32F2N8O2/c1-2-3-18-13-32-29(33-14-18)37-9-6-20(7-10-37)39-16-23(31)25-26(34-17-35-27(25)39)36-24-5-4-19(12-22(24)30)28(41)38-11-8-21(40)15-38/h4-5,12-14,16-17,20-21,40H,2-3,6-11,15H2,1H3,(H,34,35,36). The molecule has 0 bridgehead atoms. The second kappa shape index (κ2) is 11.4. The third-order valence-corrected chi connectivity index (χ3v) is 7.85. The first-order chi connectivity index (χ1) is 19.9. The number of aromatic nitrogens is 5. The van der Waals surface area contributed by atoms with Crippen LogP contribution >= 0.6 is 0 Å². The molecule has 1 unspecified atom stereocenters. The number of aliphatic hydroxyl groups excluding tert-OH is 1. The van der Waals surface area contributed by atoms with Gasteiger partial charge in [0.25, 0.3) is 5.91 Å². The molecule has 0 saturated carbocycles. The molecule has 214 valence electrons. The summed E-state index contributed by atoms with van der Waals surface area (Å²) in [4.78, 5) is 33.9. The second-order valence-corrected chi connectivity index (χ2v) is 10.7. The summed E-state index contributed by atoms with van der Waals surface area (Å²) in [5, 5.41) is 12.8. The van der Waals surface area contributed by atoms with E-state index >= 15 is 8.78 Å². The van der Waals surface area contributed by atoms with Crippen molar-refractivity contribution >= 4 is 34.4 Å². The van der Waals surface area contributed by atoms with Crippen molar-refractivity contribution < 1.29 is 18.7 Å². The maximum atomic E-state index is 15.3. The molecule has 5 heterocycles. The summed E-state index contributed by atoms with van der Waals surface area (Å²) in [6.07, 6.45) is 9.98. The van der Waals surface area contributed by atoms with Crippen LogP contribution in [0.15, 0.2) is 43.1 Å². The number of likely N-dealkylation sites (tertiary alicyclic amines) is 1. The van der Waals surface area contributed by atoms with E-state index in [-0.39, 0.29) is 40.9 Å². The molecule has 0 spiro atoms. The number of hydrogen-bond donors (Lipinski definition) is 2. The zero-order valence-corrected chi connectivity index (χ0v) is 22.8. The highest BCUT2D eigenvalue weighted by molar-refractivity contribution is 5.95. The number of aryl methyl sites for hydroxylation is 1. The van der Waals surface area contributed by atoms with E-state index in [0.29, 0.717) is 24.6 Å². The topological polar surface area (TPSA) is 112 Å². The number of hydrogen-bond acceptors (Lipinski definition) is 8. The summed E-state index contributed by atoms with van der Waals surface area (Å²) >= 11 is 0. The average molecular weight is 563 g/mol. The molecule has 4 aromatic rings. The Morgan fingerprint density at radius 2 is 1.83 bits per heavy atom. The van der Waals surface area contributed by atoms with Crippen molar-refractivity contribution in [3.05, 3.63) is 65.9 Å². The van der Waals surface area contributed by atoms with Crippen LogP contribution < -0.4 is 10.2 Å². The monoisotopic (exact) mass is 562 g/mol. The SMILES string of the molecule is CCCc1cnc(N2CCC(n3cc(F)c4c(Nc5ccc(C(=O)N6CCC(O)C6)cc5F)ncnc43)CC2)nc1. The maximum Gasteiger partial charge on any atom is 0.254 e. The molecule has 1 amide bonds. The molecule has 12 heteroatoms. The van der Waals surface area contributed by atoms with Crippen molar-refractivity contribution in [3.8, 4) is 0 Å². The summed E-state index contributed by atoms with van der Waals surface area (Å²) < 4.78 is 32.2. The van der Waals surface area contributed by atoms with Gasteiger partial charge in [0.2, 0.25) is 5.95 Å². The number of fused-ring (bicyclic) bond motifs is 1. The summed E-state index contributed by atoms with van der Waals surface area (Å²) in [5.74, 6) is -0.663. The van der Waals surface area contributed by atoms with Crippen LogP contribution in [0.3, 0.4) is 0 Å². The Hall–Kier alpha value is -4.19. The van der Waals surface area contributed by atoms with Crippen molar-refractivity contribution in [1.29, 1.82) is 0 Å². The van der Waals surface area contributed by atoms with Crippen LogP contribution in [0, 0.1) is 11.6 Å². The van der Waals surface area contributed by atoms with Gasteiger partial charge >= 0.3 is 0 Å². The van der Waals surface area contributed by atoms with Crippen LogP contribution in [0.5, 0.6) is 0 Å². The molecule has 2 aliphatic heterocycles. The van der Waals surface area contributed by atoms with Crippen molar-refractivity contribution in [2.24, 2.45) is 0 Å². The Kier molecular flexibility index (Phi) is 7.48. The Bertz CT molecular complexity index is 1550. The molecule has 0 aliphatic carbocycles. The second-order valence-electron chi connectivity index (χ2n) is 10.7. The van der Waals surface area contributed by atoms with Gasteiger partial charge in [-0.2, -0.15) is 0 Å². The molecule has 2 aliphatic rings. The molecule has 2 saturated heterocycles. The molecule has 6 rings (SSSR count). The predicted octanol–water partition coefficient (Wildman–Crippen LogP) is 4.24. The number of benzene rings is 1. The van der Waals surface area contributed by atoms with Gasteiger partial charge in [-0.05, 0) is 49.4 Å². The van der Waals surface area contributed by atoms with Crippen LogP contribution in [-0.4, -0.2) is 72.7 Å². The minimum absolute atomic E-state index is 0.0199. The number of aliphatic hydroxyl groups is 1. The molecule has 41 heavy (non-hydrogen) atoms. The van der Waals surface area contributed by atoms with Gasteiger partial charge in [-0.3, -0.25) is 4.79 Å². The van der Waals surface area contributed by atoms with E-state index in [0.717, 1.165) is 50.4 Å². The molecule has 0 radical (unpaired) electrons. The number of nitrogens with zero attached hydrogens (tertiary/aromatic N) is 7.